The molecule has 0 bridgehead atoms. The van der Waals surface area contributed by atoms with E-state index in [1.54, 1.807) is 12.4 Å². The minimum absolute atomic E-state index is 0.0896. The minimum Gasteiger partial charge on any atom is -0.390 e. The van der Waals surface area contributed by atoms with Crippen LogP contribution in [0, 0.1) is 0 Å². The average molecular weight is 279 g/mol. The van der Waals surface area contributed by atoms with Gasteiger partial charge in [0.2, 0.25) is 0 Å². The fourth-order valence-corrected chi connectivity index (χ4v) is 2.47. The van der Waals surface area contributed by atoms with E-state index in [-0.39, 0.29) is 6.61 Å². The highest BCUT2D eigenvalue weighted by Gasteiger charge is 2.12. The quantitative estimate of drug-likeness (QED) is 0.796. The molecule has 0 atom stereocenters. The molecule has 0 radical (unpaired) electrons. The summed E-state index contributed by atoms with van der Waals surface area (Å²) >= 11 is 0. The van der Waals surface area contributed by atoms with Crippen molar-refractivity contribution in [3.63, 3.8) is 0 Å². The van der Waals surface area contributed by atoms with Crippen LogP contribution in [0.15, 0.2) is 54.9 Å². The maximum Gasteiger partial charge on any atom is 0.151 e. The molecule has 21 heavy (non-hydrogen) atoms. The van der Waals surface area contributed by atoms with Gasteiger partial charge in [-0.3, -0.25) is 4.98 Å². The van der Waals surface area contributed by atoms with E-state index in [4.69, 9.17) is 5.11 Å². The van der Waals surface area contributed by atoms with E-state index < -0.39 is 0 Å². The van der Waals surface area contributed by atoms with Crippen molar-refractivity contribution in [3.8, 4) is 0 Å². The summed E-state index contributed by atoms with van der Waals surface area (Å²) in [5.41, 5.74) is 1.69. The van der Waals surface area contributed by atoms with Crippen LogP contribution in [0.2, 0.25) is 0 Å². The first-order valence-electron chi connectivity index (χ1n) is 7.00. The highest BCUT2D eigenvalue weighted by Crippen LogP contribution is 2.30. The highest BCUT2D eigenvalue weighted by atomic mass is 16.3. The number of aliphatic hydroxyl groups is 1. The first kappa shape index (κ1) is 13.5. The van der Waals surface area contributed by atoms with Crippen molar-refractivity contribution in [1.29, 1.82) is 0 Å². The Morgan fingerprint density at radius 3 is 2.52 bits per heavy atom. The Morgan fingerprint density at radius 2 is 1.81 bits per heavy atom. The molecule has 0 saturated carbocycles. The molecule has 4 nitrogen and oxygen atoms in total. The van der Waals surface area contributed by atoms with Crippen LogP contribution in [0.1, 0.15) is 12.6 Å². The van der Waals surface area contributed by atoms with E-state index in [0.717, 1.165) is 18.1 Å². The summed E-state index contributed by atoms with van der Waals surface area (Å²) in [5, 5.41) is 11.5. The molecule has 0 aliphatic heterocycles. The number of aliphatic hydroxyl groups excluding tert-OH is 1. The summed E-state index contributed by atoms with van der Waals surface area (Å²) in [7, 11) is 0. The number of rotatable bonds is 4. The Hall–Kier alpha value is -2.46. The zero-order chi connectivity index (χ0) is 14.7. The summed E-state index contributed by atoms with van der Waals surface area (Å²) in [6.07, 6.45) is 3.32. The summed E-state index contributed by atoms with van der Waals surface area (Å²) in [4.78, 5) is 10.7. The number of hydrogen-bond donors (Lipinski definition) is 1. The molecular weight excluding hydrogens is 262 g/mol. The van der Waals surface area contributed by atoms with Crippen LogP contribution in [0.4, 0.5) is 11.5 Å². The van der Waals surface area contributed by atoms with E-state index in [9.17, 15) is 0 Å². The third kappa shape index (κ3) is 2.58. The maximum absolute atomic E-state index is 9.07. The molecule has 0 amide bonds. The van der Waals surface area contributed by atoms with Crippen LogP contribution < -0.4 is 4.90 Å². The molecule has 0 aliphatic rings. The van der Waals surface area contributed by atoms with Gasteiger partial charge in [-0.25, -0.2) is 4.98 Å². The first-order valence-corrected chi connectivity index (χ1v) is 7.00. The SMILES string of the molecule is CCN(c1cnc(CO)cn1)c1cccc2ccccc12. The number of anilines is 2. The van der Waals surface area contributed by atoms with Crippen LogP contribution >= 0.6 is 0 Å². The smallest absolute Gasteiger partial charge is 0.151 e. The second-order valence-corrected chi connectivity index (χ2v) is 4.77. The molecule has 0 unspecified atom stereocenters. The molecule has 0 saturated heterocycles. The molecule has 1 aromatic heterocycles. The number of hydrogen-bond acceptors (Lipinski definition) is 4. The topological polar surface area (TPSA) is 49.2 Å². The summed E-state index contributed by atoms with van der Waals surface area (Å²) in [5.74, 6) is 0.783. The molecule has 0 spiro atoms. The molecule has 4 heteroatoms. The van der Waals surface area contributed by atoms with Crippen LogP contribution in [-0.2, 0) is 6.61 Å². The standard InChI is InChI=1S/C17H17N3O/c1-2-20(17-11-18-14(12-21)10-19-17)16-9-5-7-13-6-3-4-8-15(13)16/h3-11,21H,2,12H2,1H3. The van der Waals surface area contributed by atoms with Crippen molar-refractivity contribution < 1.29 is 5.11 Å². The van der Waals surface area contributed by atoms with Gasteiger partial charge in [0.1, 0.15) is 0 Å². The highest BCUT2D eigenvalue weighted by molar-refractivity contribution is 5.95. The predicted molar refractivity (Wildman–Crippen MR) is 84.6 cm³/mol. The number of benzene rings is 2. The summed E-state index contributed by atoms with van der Waals surface area (Å²) in [6, 6.07) is 14.5. The van der Waals surface area contributed by atoms with Gasteiger partial charge in [-0.1, -0.05) is 36.4 Å². The van der Waals surface area contributed by atoms with Crippen molar-refractivity contribution in [1.82, 2.24) is 9.97 Å². The zero-order valence-electron chi connectivity index (χ0n) is 11.9. The Balaban J connectivity index is 2.09. The molecule has 106 valence electrons. The minimum atomic E-state index is -0.0896. The Labute approximate surface area is 123 Å². The molecule has 0 fully saturated rings. The van der Waals surface area contributed by atoms with Gasteiger partial charge in [-0.2, -0.15) is 0 Å². The number of nitrogens with zero attached hydrogens (tertiary/aromatic N) is 3. The van der Waals surface area contributed by atoms with Crippen LogP contribution in [0.5, 0.6) is 0 Å². The lowest BCUT2D eigenvalue weighted by molar-refractivity contribution is 0.276. The summed E-state index contributed by atoms with van der Waals surface area (Å²) < 4.78 is 0. The molecule has 1 heterocycles. The largest absolute Gasteiger partial charge is 0.390 e. The lowest BCUT2D eigenvalue weighted by Crippen LogP contribution is -2.18. The van der Waals surface area contributed by atoms with Gasteiger partial charge in [0, 0.05) is 11.9 Å². The fourth-order valence-electron chi connectivity index (χ4n) is 2.47. The molecule has 3 rings (SSSR count). The Kier molecular flexibility index (Phi) is 3.79. The van der Waals surface area contributed by atoms with Gasteiger partial charge < -0.3 is 10.0 Å². The van der Waals surface area contributed by atoms with Gasteiger partial charge >= 0.3 is 0 Å². The van der Waals surface area contributed by atoms with Crippen molar-refractivity contribution in [3.05, 3.63) is 60.6 Å². The van der Waals surface area contributed by atoms with Crippen molar-refractivity contribution in [2.45, 2.75) is 13.5 Å². The van der Waals surface area contributed by atoms with E-state index in [1.165, 1.54) is 10.8 Å². The van der Waals surface area contributed by atoms with E-state index in [0.29, 0.717) is 5.69 Å². The van der Waals surface area contributed by atoms with E-state index >= 15 is 0 Å². The van der Waals surface area contributed by atoms with Gasteiger partial charge in [-0.15, -0.1) is 0 Å². The second-order valence-electron chi connectivity index (χ2n) is 4.77. The third-order valence-corrected chi connectivity index (χ3v) is 3.50. The second kappa shape index (κ2) is 5.89. The maximum atomic E-state index is 9.07. The zero-order valence-corrected chi connectivity index (χ0v) is 11.9. The molecule has 1 N–H and O–H groups in total. The van der Waals surface area contributed by atoms with Gasteiger partial charge in [-0.05, 0) is 18.4 Å². The molecular formula is C17H17N3O. The van der Waals surface area contributed by atoms with E-state index in [2.05, 4.69) is 52.1 Å². The van der Waals surface area contributed by atoms with Crippen molar-refractivity contribution in [2.75, 3.05) is 11.4 Å². The number of fused-ring (bicyclic) bond motifs is 1. The van der Waals surface area contributed by atoms with Crippen molar-refractivity contribution in [2.24, 2.45) is 0 Å². The molecule has 3 aromatic rings. The van der Waals surface area contributed by atoms with Crippen LogP contribution in [-0.4, -0.2) is 21.6 Å². The normalized spacial score (nSPS) is 10.8. The molecule has 2 aromatic carbocycles. The lowest BCUT2D eigenvalue weighted by Gasteiger charge is -2.23. The Morgan fingerprint density at radius 1 is 1.00 bits per heavy atom. The van der Waals surface area contributed by atoms with E-state index in [1.807, 2.05) is 12.1 Å². The predicted octanol–water partition coefficient (Wildman–Crippen LogP) is 3.28. The Bertz CT molecular complexity index is 735. The lowest BCUT2D eigenvalue weighted by atomic mass is 10.1. The van der Waals surface area contributed by atoms with Gasteiger partial charge in [0.25, 0.3) is 0 Å². The summed E-state index contributed by atoms with van der Waals surface area (Å²) in [6.45, 7) is 2.79. The van der Waals surface area contributed by atoms with Crippen LogP contribution in [0.3, 0.4) is 0 Å². The van der Waals surface area contributed by atoms with Crippen LogP contribution in [0.25, 0.3) is 10.8 Å². The number of aromatic nitrogens is 2. The first-order chi connectivity index (χ1) is 10.3. The van der Waals surface area contributed by atoms with Gasteiger partial charge in [0.15, 0.2) is 5.82 Å². The van der Waals surface area contributed by atoms with Crippen molar-refractivity contribution >= 4 is 22.3 Å². The monoisotopic (exact) mass is 279 g/mol. The third-order valence-electron chi connectivity index (χ3n) is 3.50. The fraction of sp³-hybridized carbons (Fsp3) is 0.176. The average Bonchev–Trinajstić information content (AvgIpc) is 2.56. The molecule has 0 aliphatic carbocycles. The van der Waals surface area contributed by atoms with Gasteiger partial charge in [0.05, 0.1) is 30.4 Å².